The van der Waals surface area contributed by atoms with Gasteiger partial charge in [0.1, 0.15) is 5.75 Å². The lowest BCUT2D eigenvalue weighted by molar-refractivity contribution is 0.448. The highest BCUT2D eigenvalue weighted by molar-refractivity contribution is 6.30. The molecule has 9 heteroatoms. The summed E-state index contributed by atoms with van der Waals surface area (Å²) in [7, 11) is 0. The van der Waals surface area contributed by atoms with Crippen LogP contribution in [0.2, 0.25) is 5.02 Å². The maximum Gasteiger partial charge on any atom is 0.237 e. The van der Waals surface area contributed by atoms with Gasteiger partial charge in [-0.2, -0.15) is 0 Å². The quantitative estimate of drug-likeness (QED) is 0.375. The van der Waals surface area contributed by atoms with E-state index in [-0.39, 0.29) is 0 Å². The molecule has 5 rings (SSSR count). The molecule has 0 saturated carbocycles. The van der Waals surface area contributed by atoms with E-state index in [1.807, 2.05) is 46.5 Å². The lowest BCUT2D eigenvalue weighted by Gasteiger charge is -2.09. The predicted molar refractivity (Wildman–Crippen MR) is 121 cm³/mol. The molecule has 0 fully saturated rings. The molecule has 0 aliphatic rings. The molecule has 8 nitrogen and oxygen atoms in total. The third-order valence-corrected chi connectivity index (χ3v) is 5.35. The van der Waals surface area contributed by atoms with E-state index in [4.69, 9.17) is 21.3 Å². The highest BCUT2D eigenvalue weighted by atomic mass is 35.5. The highest BCUT2D eigenvalue weighted by Crippen LogP contribution is 2.27. The van der Waals surface area contributed by atoms with Crippen molar-refractivity contribution >= 4 is 17.2 Å². The molecule has 160 valence electrons. The Kier molecular flexibility index (Phi) is 5.28. The lowest BCUT2D eigenvalue weighted by Crippen LogP contribution is -2.06. The lowest BCUT2D eigenvalue weighted by atomic mass is 10.2. The summed E-state index contributed by atoms with van der Waals surface area (Å²) in [6.07, 6.45) is 7.82. The normalized spacial score (nSPS) is 11.2. The summed E-state index contributed by atoms with van der Waals surface area (Å²) in [5.41, 5.74) is 3.62. The number of imidazole rings is 2. The van der Waals surface area contributed by atoms with Gasteiger partial charge in [0, 0.05) is 35.9 Å². The van der Waals surface area contributed by atoms with Gasteiger partial charge in [-0.25, -0.2) is 24.5 Å². The van der Waals surface area contributed by atoms with Crippen molar-refractivity contribution in [1.29, 1.82) is 0 Å². The molecule has 0 spiro atoms. The average Bonchev–Trinajstić information content (AvgIpc) is 3.40. The van der Waals surface area contributed by atoms with Crippen molar-refractivity contribution in [2.45, 2.75) is 26.8 Å². The van der Waals surface area contributed by atoms with Crippen LogP contribution in [0.5, 0.6) is 11.6 Å². The fourth-order valence-corrected chi connectivity index (χ4v) is 3.83. The van der Waals surface area contributed by atoms with Crippen LogP contribution in [0, 0.1) is 6.92 Å². The van der Waals surface area contributed by atoms with Gasteiger partial charge in [-0.05, 0) is 49.2 Å². The summed E-state index contributed by atoms with van der Waals surface area (Å²) in [5, 5.41) is 5.36. The summed E-state index contributed by atoms with van der Waals surface area (Å²) in [6.45, 7) is 4.57. The number of hydrogen-bond acceptors (Lipinski definition) is 6. The molecule has 0 aliphatic heterocycles. The van der Waals surface area contributed by atoms with E-state index in [1.165, 1.54) is 0 Å². The van der Waals surface area contributed by atoms with Gasteiger partial charge in [0.2, 0.25) is 5.88 Å². The van der Waals surface area contributed by atoms with Crippen LogP contribution in [-0.4, -0.2) is 34.1 Å². The summed E-state index contributed by atoms with van der Waals surface area (Å²) >= 11 is 6.05. The number of hydrogen-bond donors (Lipinski definition) is 0. The second kappa shape index (κ2) is 8.39. The maximum absolute atomic E-state index is 6.05. The van der Waals surface area contributed by atoms with Crippen LogP contribution in [0.3, 0.4) is 0 Å². The van der Waals surface area contributed by atoms with Gasteiger partial charge in [-0.3, -0.25) is 0 Å². The zero-order valence-electron chi connectivity index (χ0n) is 17.6. The first-order valence-corrected chi connectivity index (χ1v) is 10.6. The molecule has 0 aliphatic carbocycles. The number of halogens is 1. The molecule has 1 aromatic carbocycles. The first-order chi connectivity index (χ1) is 15.6. The number of aryl methyl sites for hydroxylation is 2. The zero-order chi connectivity index (χ0) is 22.1. The molecule has 4 aromatic heterocycles. The number of nitrogens with zero attached hydrogens (tertiary/aromatic N) is 7. The van der Waals surface area contributed by atoms with Crippen LogP contribution in [0.1, 0.15) is 23.9 Å². The minimum Gasteiger partial charge on any atom is -0.437 e. The number of aromatic nitrogens is 7. The summed E-state index contributed by atoms with van der Waals surface area (Å²) < 4.78 is 9.84. The van der Waals surface area contributed by atoms with Crippen LogP contribution in [-0.2, 0) is 13.0 Å². The Hall–Kier alpha value is -3.78. The van der Waals surface area contributed by atoms with Gasteiger partial charge in [-0.1, -0.05) is 18.5 Å². The average molecular weight is 446 g/mol. The SMILES string of the molecule is CCc1c(Cn2ccnc2-c2ncccn2)nc2ccc(Oc3ccc(Cl)cc3C)nn12. The maximum atomic E-state index is 6.05. The molecule has 5 aromatic rings. The third-order valence-electron chi connectivity index (χ3n) is 5.12. The van der Waals surface area contributed by atoms with Crippen molar-refractivity contribution in [2.75, 3.05) is 0 Å². The Labute approximate surface area is 189 Å². The van der Waals surface area contributed by atoms with Gasteiger partial charge in [0.05, 0.1) is 17.9 Å². The molecule has 0 N–H and O–H groups in total. The van der Waals surface area contributed by atoms with Gasteiger partial charge in [0.15, 0.2) is 17.3 Å². The Morgan fingerprint density at radius 1 is 1.03 bits per heavy atom. The van der Waals surface area contributed by atoms with E-state index >= 15 is 0 Å². The Morgan fingerprint density at radius 3 is 2.66 bits per heavy atom. The van der Waals surface area contributed by atoms with Crippen molar-refractivity contribution < 1.29 is 4.74 Å². The van der Waals surface area contributed by atoms with Gasteiger partial charge in [0.25, 0.3) is 0 Å². The Bertz CT molecular complexity index is 1390. The number of ether oxygens (including phenoxy) is 1. The summed E-state index contributed by atoms with van der Waals surface area (Å²) in [5.74, 6) is 2.47. The molecule has 0 unspecified atom stereocenters. The van der Waals surface area contributed by atoms with Gasteiger partial charge < -0.3 is 9.30 Å². The summed E-state index contributed by atoms with van der Waals surface area (Å²) in [4.78, 5) is 17.9. The topological polar surface area (TPSA) is 83.0 Å². The van der Waals surface area contributed by atoms with Crippen LogP contribution >= 0.6 is 11.6 Å². The second-order valence-electron chi connectivity index (χ2n) is 7.26. The summed E-state index contributed by atoms with van der Waals surface area (Å²) in [6, 6.07) is 11.0. The van der Waals surface area contributed by atoms with Gasteiger partial charge >= 0.3 is 0 Å². The first kappa shape index (κ1) is 20.1. The third kappa shape index (κ3) is 3.80. The number of fused-ring (bicyclic) bond motifs is 1. The van der Waals surface area contributed by atoms with Crippen molar-refractivity contribution in [3.8, 4) is 23.3 Å². The minimum atomic E-state index is 0.488. The minimum absolute atomic E-state index is 0.488. The van der Waals surface area contributed by atoms with E-state index in [0.717, 1.165) is 29.0 Å². The molecule has 32 heavy (non-hydrogen) atoms. The van der Waals surface area contributed by atoms with Gasteiger partial charge in [-0.15, -0.1) is 5.10 Å². The zero-order valence-corrected chi connectivity index (χ0v) is 18.4. The van der Waals surface area contributed by atoms with E-state index in [2.05, 4.69) is 27.0 Å². The smallest absolute Gasteiger partial charge is 0.237 e. The van der Waals surface area contributed by atoms with E-state index in [0.29, 0.717) is 34.8 Å². The molecular weight excluding hydrogens is 426 g/mol. The fraction of sp³-hybridized carbons (Fsp3) is 0.174. The van der Waals surface area contributed by atoms with Crippen molar-refractivity contribution in [1.82, 2.24) is 34.1 Å². The monoisotopic (exact) mass is 445 g/mol. The molecule has 0 radical (unpaired) electrons. The Morgan fingerprint density at radius 2 is 1.88 bits per heavy atom. The van der Waals surface area contributed by atoms with Crippen LogP contribution < -0.4 is 4.74 Å². The second-order valence-corrected chi connectivity index (χ2v) is 7.70. The molecule has 0 saturated heterocycles. The van der Waals surface area contributed by atoms with Crippen molar-refractivity contribution in [2.24, 2.45) is 0 Å². The first-order valence-electron chi connectivity index (χ1n) is 10.2. The number of benzene rings is 1. The molecule has 0 amide bonds. The van der Waals surface area contributed by atoms with Crippen LogP contribution in [0.4, 0.5) is 0 Å². The molecular formula is C23H20ClN7O. The van der Waals surface area contributed by atoms with E-state index in [9.17, 15) is 0 Å². The molecule has 4 heterocycles. The van der Waals surface area contributed by atoms with Crippen LogP contribution in [0.15, 0.2) is 61.2 Å². The van der Waals surface area contributed by atoms with Crippen molar-refractivity contribution in [3.63, 3.8) is 0 Å². The predicted octanol–water partition coefficient (Wildman–Crippen LogP) is 4.75. The standard InChI is InChI=1S/C23H20ClN7O/c1-3-18-17(14-30-12-11-27-23(30)22-25-9-4-10-26-22)28-20-7-8-21(29-31(18)20)32-19-6-5-16(24)13-15(19)2/h4-13H,3,14H2,1-2H3. The Balaban J connectivity index is 1.49. The molecule has 0 atom stereocenters. The van der Waals surface area contributed by atoms with Crippen molar-refractivity contribution in [3.05, 3.63) is 83.2 Å². The number of rotatable bonds is 6. The van der Waals surface area contributed by atoms with Crippen LogP contribution in [0.25, 0.3) is 17.3 Å². The van der Waals surface area contributed by atoms with E-state index in [1.54, 1.807) is 30.7 Å². The fourth-order valence-electron chi connectivity index (χ4n) is 3.60. The highest BCUT2D eigenvalue weighted by Gasteiger charge is 2.16. The van der Waals surface area contributed by atoms with E-state index < -0.39 is 0 Å². The molecule has 0 bridgehead atoms. The largest absolute Gasteiger partial charge is 0.437 e.